The van der Waals surface area contributed by atoms with Crippen LogP contribution in [0.5, 0.6) is 5.75 Å². The fourth-order valence-corrected chi connectivity index (χ4v) is 4.21. The van der Waals surface area contributed by atoms with Crippen LogP contribution in [0.4, 0.5) is 0 Å². The van der Waals surface area contributed by atoms with Gasteiger partial charge in [-0.2, -0.15) is 0 Å². The Hall–Kier alpha value is -1.98. The number of aryl methyl sites for hydroxylation is 1. The van der Waals surface area contributed by atoms with Gasteiger partial charge in [-0.25, -0.2) is 0 Å². The van der Waals surface area contributed by atoms with Gasteiger partial charge in [-0.05, 0) is 37.5 Å². The van der Waals surface area contributed by atoms with E-state index in [1.54, 1.807) is 18.9 Å². The van der Waals surface area contributed by atoms with Crippen molar-refractivity contribution in [1.29, 1.82) is 0 Å². The van der Waals surface area contributed by atoms with Crippen LogP contribution in [0.1, 0.15) is 24.0 Å². The van der Waals surface area contributed by atoms with E-state index in [4.69, 9.17) is 9.47 Å². The molecule has 0 aliphatic carbocycles. The summed E-state index contributed by atoms with van der Waals surface area (Å²) in [6.07, 6.45) is 2.21. The molecule has 1 unspecified atom stereocenters. The predicted octanol–water partition coefficient (Wildman–Crippen LogP) is 4.30. The highest BCUT2D eigenvalue weighted by Gasteiger charge is 2.23. The number of benzene rings is 2. The van der Waals surface area contributed by atoms with Gasteiger partial charge in [0, 0.05) is 30.2 Å². The molecule has 1 amide bonds. The van der Waals surface area contributed by atoms with Gasteiger partial charge in [0.05, 0.1) is 19.0 Å². The molecule has 2 aromatic carbocycles. The Labute approximate surface area is 165 Å². The van der Waals surface area contributed by atoms with E-state index in [1.165, 1.54) is 5.56 Å². The van der Waals surface area contributed by atoms with Crippen LogP contribution in [0.3, 0.4) is 0 Å². The van der Waals surface area contributed by atoms with Crippen LogP contribution < -0.4 is 4.74 Å². The van der Waals surface area contributed by atoms with Crippen LogP contribution >= 0.6 is 11.8 Å². The molecule has 0 bridgehead atoms. The van der Waals surface area contributed by atoms with Gasteiger partial charge in [-0.15, -0.1) is 11.8 Å². The smallest absolute Gasteiger partial charge is 0.233 e. The van der Waals surface area contributed by atoms with Gasteiger partial charge in [0.2, 0.25) is 5.91 Å². The third-order valence-corrected chi connectivity index (χ3v) is 5.96. The number of thioether (sulfide) groups is 1. The lowest BCUT2D eigenvalue weighted by molar-refractivity contribution is -0.130. The molecule has 0 radical (unpaired) electrons. The van der Waals surface area contributed by atoms with Crippen molar-refractivity contribution in [2.24, 2.45) is 0 Å². The summed E-state index contributed by atoms with van der Waals surface area (Å²) < 4.78 is 11.2. The molecule has 1 heterocycles. The predicted molar refractivity (Wildman–Crippen MR) is 109 cm³/mol. The number of carbonyl (C=O) groups excluding carboxylic acids is 1. The summed E-state index contributed by atoms with van der Waals surface area (Å²) in [4.78, 5) is 16.1. The zero-order valence-electron chi connectivity index (χ0n) is 16.0. The van der Waals surface area contributed by atoms with E-state index in [9.17, 15) is 4.79 Å². The van der Waals surface area contributed by atoms with Crippen molar-refractivity contribution in [3.8, 4) is 5.75 Å². The molecule has 3 rings (SSSR count). The molecule has 1 aliphatic heterocycles. The number of amides is 1. The summed E-state index contributed by atoms with van der Waals surface area (Å²) in [6, 6.07) is 16.1. The van der Waals surface area contributed by atoms with Gasteiger partial charge in [-0.3, -0.25) is 4.79 Å². The van der Waals surface area contributed by atoms with Crippen molar-refractivity contribution in [1.82, 2.24) is 4.90 Å². The molecule has 4 nitrogen and oxygen atoms in total. The molecule has 0 aromatic heterocycles. The number of para-hydroxylation sites is 1. The third kappa shape index (κ3) is 5.50. The average molecular weight is 386 g/mol. The lowest BCUT2D eigenvalue weighted by Crippen LogP contribution is -2.38. The maximum Gasteiger partial charge on any atom is 0.233 e. The Balaban J connectivity index is 1.70. The second-order valence-electron chi connectivity index (χ2n) is 6.78. The molecule has 27 heavy (non-hydrogen) atoms. The van der Waals surface area contributed by atoms with Gasteiger partial charge in [-0.1, -0.05) is 36.4 Å². The summed E-state index contributed by atoms with van der Waals surface area (Å²) in [5.74, 6) is 1.37. The van der Waals surface area contributed by atoms with E-state index in [2.05, 4.69) is 19.1 Å². The lowest BCUT2D eigenvalue weighted by Gasteiger charge is -2.26. The number of nitrogens with zero attached hydrogens (tertiary/aromatic N) is 1. The zero-order chi connectivity index (χ0) is 19.1. The first-order valence-corrected chi connectivity index (χ1v) is 10.4. The van der Waals surface area contributed by atoms with Crippen molar-refractivity contribution >= 4 is 17.7 Å². The van der Waals surface area contributed by atoms with E-state index >= 15 is 0 Å². The molecule has 0 saturated carbocycles. The minimum absolute atomic E-state index is 0.129. The highest BCUT2D eigenvalue weighted by atomic mass is 32.2. The fourth-order valence-electron chi connectivity index (χ4n) is 3.28. The molecule has 1 aliphatic rings. The normalized spacial score (nSPS) is 16.3. The van der Waals surface area contributed by atoms with Crippen molar-refractivity contribution in [3.63, 3.8) is 0 Å². The van der Waals surface area contributed by atoms with E-state index in [0.717, 1.165) is 35.7 Å². The van der Waals surface area contributed by atoms with Crippen LogP contribution in [0, 0.1) is 6.92 Å². The highest BCUT2D eigenvalue weighted by Crippen LogP contribution is 2.25. The average Bonchev–Trinajstić information content (AvgIpc) is 3.20. The molecule has 1 atom stereocenters. The van der Waals surface area contributed by atoms with Gasteiger partial charge in [0.15, 0.2) is 0 Å². The SMILES string of the molecule is COc1ccccc1CN(CC1CCCO1)C(=O)CSc1ccccc1C. The van der Waals surface area contributed by atoms with Gasteiger partial charge >= 0.3 is 0 Å². The molecular formula is C22H27NO3S. The second kappa shape index (κ2) is 9.81. The number of carbonyl (C=O) groups is 1. The Kier molecular flexibility index (Phi) is 7.18. The zero-order valence-corrected chi connectivity index (χ0v) is 16.8. The number of hydrogen-bond donors (Lipinski definition) is 0. The van der Waals surface area contributed by atoms with E-state index in [1.807, 2.05) is 41.3 Å². The molecule has 5 heteroatoms. The molecule has 2 aromatic rings. The highest BCUT2D eigenvalue weighted by molar-refractivity contribution is 8.00. The number of rotatable bonds is 8. The third-order valence-electron chi connectivity index (χ3n) is 4.80. The minimum atomic E-state index is 0.129. The number of hydrogen-bond acceptors (Lipinski definition) is 4. The van der Waals surface area contributed by atoms with Crippen molar-refractivity contribution in [2.45, 2.75) is 37.3 Å². The van der Waals surface area contributed by atoms with Crippen LogP contribution in [-0.4, -0.2) is 42.9 Å². The number of ether oxygens (including phenoxy) is 2. The van der Waals surface area contributed by atoms with Crippen molar-refractivity contribution in [3.05, 3.63) is 59.7 Å². The Morgan fingerprint density at radius 1 is 1.22 bits per heavy atom. The first kappa shape index (κ1) is 19.8. The largest absolute Gasteiger partial charge is 0.496 e. The van der Waals surface area contributed by atoms with E-state index in [-0.39, 0.29) is 12.0 Å². The monoisotopic (exact) mass is 385 g/mol. The number of methoxy groups -OCH3 is 1. The Morgan fingerprint density at radius 2 is 2.00 bits per heavy atom. The first-order valence-electron chi connectivity index (χ1n) is 9.37. The van der Waals surface area contributed by atoms with Crippen molar-refractivity contribution < 1.29 is 14.3 Å². The molecule has 0 spiro atoms. The van der Waals surface area contributed by atoms with Crippen LogP contribution in [-0.2, 0) is 16.1 Å². The van der Waals surface area contributed by atoms with Gasteiger partial charge < -0.3 is 14.4 Å². The maximum atomic E-state index is 13.0. The molecular weight excluding hydrogens is 358 g/mol. The summed E-state index contributed by atoms with van der Waals surface area (Å²) in [5.41, 5.74) is 2.22. The van der Waals surface area contributed by atoms with Crippen molar-refractivity contribution in [2.75, 3.05) is 26.0 Å². The Morgan fingerprint density at radius 3 is 2.74 bits per heavy atom. The summed E-state index contributed by atoms with van der Waals surface area (Å²) in [6.45, 7) is 4.04. The summed E-state index contributed by atoms with van der Waals surface area (Å²) in [5, 5.41) is 0. The second-order valence-corrected chi connectivity index (χ2v) is 7.79. The van der Waals surface area contributed by atoms with E-state index < -0.39 is 0 Å². The molecule has 0 N–H and O–H groups in total. The molecule has 144 valence electrons. The van der Waals surface area contributed by atoms with E-state index in [0.29, 0.717) is 18.8 Å². The minimum Gasteiger partial charge on any atom is -0.496 e. The molecule has 1 saturated heterocycles. The summed E-state index contributed by atoms with van der Waals surface area (Å²) in [7, 11) is 1.67. The maximum absolute atomic E-state index is 13.0. The first-order chi connectivity index (χ1) is 13.2. The topological polar surface area (TPSA) is 38.8 Å². The summed E-state index contributed by atoms with van der Waals surface area (Å²) >= 11 is 1.60. The van der Waals surface area contributed by atoms with Crippen LogP contribution in [0.2, 0.25) is 0 Å². The van der Waals surface area contributed by atoms with Gasteiger partial charge in [0.25, 0.3) is 0 Å². The molecule has 1 fully saturated rings. The van der Waals surface area contributed by atoms with Crippen LogP contribution in [0.25, 0.3) is 0 Å². The van der Waals surface area contributed by atoms with Gasteiger partial charge in [0.1, 0.15) is 5.75 Å². The fraction of sp³-hybridized carbons (Fsp3) is 0.409. The lowest BCUT2D eigenvalue weighted by atomic mass is 10.1. The van der Waals surface area contributed by atoms with Crippen LogP contribution in [0.15, 0.2) is 53.4 Å². The standard InChI is InChI=1S/C22H27NO3S/c1-17-8-3-6-12-21(17)27-16-22(24)23(15-19-10-7-13-26-19)14-18-9-4-5-11-20(18)25-2/h3-6,8-9,11-12,19H,7,10,13-16H2,1-2H3. The quantitative estimate of drug-likeness (QED) is 0.635. The Bertz CT molecular complexity index is 759.